The molecule has 0 unspecified atom stereocenters. The molecule has 1 aromatic heterocycles. The Kier molecular flexibility index (Phi) is 2.17. The van der Waals surface area contributed by atoms with Gasteiger partial charge in [-0.05, 0) is 0 Å². The van der Waals surface area contributed by atoms with Crippen LogP contribution in [0.2, 0.25) is 0 Å². The lowest BCUT2D eigenvalue weighted by Gasteiger charge is -1.84. The highest BCUT2D eigenvalue weighted by Gasteiger charge is 2.17. The highest BCUT2D eigenvalue weighted by atomic mass is 16.5. The molecule has 0 amide bonds. The first-order valence-corrected chi connectivity index (χ1v) is 2.86. The third-order valence-electron chi connectivity index (χ3n) is 0.990. The Morgan fingerprint density at radius 1 is 2.00 bits per heavy atom. The predicted molar refractivity (Wildman–Crippen MR) is 33.2 cm³/mol. The molecular formula is C5H7N3O3. The van der Waals surface area contributed by atoms with E-state index in [9.17, 15) is 4.79 Å². The van der Waals surface area contributed by atoms with Crippen molar-refractivity contribution < 1.29 is 18.7 Å². The van der Waals surface area contributed by atoms with Gasteiger partial charge in [0, 0.05) is 11.8 Å². The Labute approximate surface area is 62.5 Å². The van der Waals surface area contributed by atoms with Crippen LogP contribution in [0.15, 0.2) is 10.7 Å². The number of hydrogen-bond acceptors (Lipinski definition) is 4. The maximum Gasteiger partial charge on any atom is 0.445 e. The average molecular weight is 157 g/mol. The average Bonchev–Trinajstić information content (AvgIpc) is 2.36. The number of ether oxygens (including phenoxy) is 1. The van der Waals surface area contributed by atoms with Gasteiger partial charge in [0.15, 0.2) is 6.61 Å². The van der Waals surface area contributed by atoms with Gasteiger partial charge in [0.05, 0.1) is 0 Å². The zero-order valence-corrected chi connectivity index (χ0v) is 5.90. The van der Waals surface area contributed by atoms with Crippen LogP contribution in [0.5, 0.6) is 0 Å². The van der Waals surface area contributed by atoms with Crippen molar-refractivity contribution in [3.8, 4) is 0 Å². The fraction of sp³-hybridized carbons (Fsp3) is 0.400. The van der Waals surface area contributed by atoms with Crippen LogP contribution in [0.1, 0.15) is 4.79 Å². The van der Waals surface area contributed by atoms with Gasteiger partial charge in [-0.25, -0.2) is 4.79 Å². The zero-order valence-electron chi connectivity index (χ0n) is 5.90. The number of carbonyl (C=O) groups excluding carboxylic acids is 1. The van der Waals surface area contributed by atoms with Gasteiger partial charge in [0.2, 0.25) is 11.5 Å². The molecule has 1 N–H and O–H groups in total. The van der Waals surface area contributed by atoms with Gasteiger partial charge in [0.1, 0.15) is 5.88 Å². The Balaban J connectivity index is 2.69. The summed E-state index contributed by atoms with van der Waals surface area (Å²) in [7, 11) is 1.40. The van der Waals surface area contributed by atoms with Gasteiger partial charge < -0.3 is 15.0 Å². The van der Waals surface area contributed by atoms with Crippen molar-refractivity contribution >= 4 is 11.8 Å². The van der Waals surface area contributed by atoms with Crippen LogP contribution in [-0.4, -0.2) is 24.9 Å². The maximum atomic E-state index is 10.9. The van der Waals surface area contributed by atoms with Gasteiger partial charge >= 0.3 is 5.91 Å². The van der Waals surface area contributed by atoms with Crippen molar-refractivity contribution in [3.05, 3.63) is 11.9 Å². The topological polar surface area (TPSA) is 80.0 Å². The van der Waals surface area contributed by atoms with E-state index in [-0.39, 0.29) is 18.4 Å². The normalized spacial score (nSPS) is 9.91. The third-order valence-corrected chi connectivity index (χ3v) is 0.990. The summed E-state index contributed by atoms with van der Waals surface area (Å²) < 4.78 is 9.81. The largest absolute Gasteiger partial charge is 0.660 e. The van der Waals surface area contributed by atoms with Gasteiger partial charge in [0.25, 0.3) is 0 Å². The first-order chi connectivity index (χ1) is 5.24. The van der Waals surface area contributed by atoms with E-state index in [1.165, 1.54) is 13.3 Å². The first kappa shape index (κ1) is 7.67. The van der Waals surface area contributed by atoms with Crippen LogP contribution in [0.4, 0.5) is 5.88 Å². The summed E-state index contributed by atoms with van der Waals surface area (Å²) in [6.45, 7) is -0.0728. The molecule has 0 spiro atoms. The standard InChI is InChI=1S/C5H7N3O3/c1-10-3-5(9)8-2-4(6)11-7-8/h2H,3H2,1H3,(H-,6,7). The molecule has 0 aliphatic carbocycles. The minimum atomic E-state index is -0.366. The van der Waals surface area contributed by atoms with E-state index in [0.29, 0.717) is 0 Å². The molecule has 0 aliphatic heterocycles. The predicted octanol–water partition coefficient (Wildman–Crippen LogP) is -0.0676. The summed E-state index contributed by atoms with van der Waals surface area (Å²) in [5.74, 6) is -0.524. The summed E-state index contributed by atoms with van der Waals surface area (Å²) in [5.41, 5.74) is 6.90. The number of hydrogen-bond donors (Lipinski definition) is 0. The lowest BCUT2D eigenvalue weighted by molar-refractivity contribution is -0.649. The van der Waals surface area contributed by atoms with Crippen molar-refractivity contribution in [1.82, 2.24) is 5.27 Å². The van der Waals surface area contributed by atoms with Crippen LogP contribution in [0, 0.1) is 0 Å². The molecular weight excluding hydrogens is 150 g/mol. The van der Waals surface area contributed by atoms with Crippen molar-refractivity contribution in [3.63, 3.8) is 0 Å². The number of nitrogens with one attached hydrogen (secondary N) is 1. The minimum absolute atomic E-state index is 0.0728. The van der Waals surface area contributed by atoms with Gasteiger partial charge in [-0.3, -0.25) is 0 Å². The van der Waals surface area contributed by atoms with Crippen LogP contribution in [0.25, 0.3) is 5.73 Å². The smallest absolute Gasteiger partial charge is 0.445 e. The number of aromatic nitrogens is 2. The number of carbonyl (C=O) groups is 1. The van der Waals surface area contributed by atoms with Gasteiger partial charge in [-0.15, -0.1) is 0 Å². The number of nitrogens with zero attached hydrogens (tertiary/aromatic N) is 2. The molecule has 0 saturated heterocycles. The van der Waals surface area contributed by atoms with E-state index in [0.717, 1.165) is 4.68 Å². The molecule has 6 heteroatoms. The Morgan fingerprint density at radius 2 is 2.73 bits per heavy atom. The summed E-state index contributed by atoms with van der Waals surface area (Å²) in [6, 6.07) is 0. The third kappa shape index (κ3) is 1.74. The first-order valence-electron chi connectivity index (χ1n) is 2.86. The van der Waals surface area contributed by atoms with E-state index < -0.39 is 0 Å². The van der Waals surface area contributed by atoms with Gasteiger partial charge in [-0.1, -0.05) is 0 Å². The molecule has 0 aliphatic rings. The van der Waals surface area contributed by atoms with E-state index in [1.54, 1.807) is 0 Å². The molecule has 0 aromatic carbocycles. The molecule has 0 fully saturated rings. The highest BCUT2D eigenvalue weighted by molar-refractivity contribution is 5.67. The van der Waals surface area contributed by atoms with Crippen molar-refractivity contribution in [1.29, 1.82) is 0 Å². The second kappa shape index (κ2) is 3.11. The second-order valence-electron chi connectivity index (χ2n) is 1.84. The van der Waals surface area contributed by atoms with Crippen molar-refractivity contribution in [2.45, 2.75) is 0 Å². The quantitative estimate of drug-likeness (QED) is 0.563. The molecule has 0 radical (unpaired) electrons. The fourth-order valence-corrected chi connectivity index (χ4v) is 0.553. The zero-order chi connectivity index (χ0) is 8.27. The van der Waals surface area contributed by atoms with E-state index >= 15 is 0 Å². The minimum Gasteiger partial charge on any atom is -0.660 e. The number of rotatable bonds is 2. The van der Waals surface area contributed by atoms with E-state index in [4.69, 9.17) is 5.73 Å². The monoisotopic (exact) mass is 157 g/mol. The Hall–Kier alpha value is -1.43. The molecule has 11 heavy (non-hydrogen) atoms. The summed E-state index contributed by atoms with van der Waals surface area (Å²) in [5, 5.41) is 3.26. The molecule has 1 rings (SSSR count). The molecule has 0 saturated carbocycles. The highest BCUT2D eigenvalue weighted by Crippen LogP contribution is 2.00. The van der Waals surface area contributed by atoms with Crippen LogP contribution in [-0.2, 0) is 4.74 Å². The molecule has 0 atom stereocenters. The molecule has 0 bridgehead atoms. The summed E-state index contributed by atoms with van der Waals surface area (Å²) in [6.07, 6.45) is 1.17. The van der Waals surface area contributed by atoms with Crippen LogP contribution in [0.3, 0.4) is 0 Å². The van der Waals surface area contributed by atoms with E-state index in [2.05, 4.69) is 14.5 Å². The van der Waals surface area contributed by atoms with Crippen LogP contribution < -0.4 is 4.68 Å². The van der Waals surface area contributed by atoms with E-state index in [1.807, 2.05) is 0 Å². The lowest BCUT2D eigenvalue weighted by Crippen LogP contribution is -2.45. The Bertz CT molecular complexity index is 257. The fourth-order valence-electron chi connectivity index (χ4n) is 0.553. The number of methoxy groups -OCH3 is 1. The SMILES string of the molecule is COCC(=O)[n+]1cc([NH-])on1. The second-order valence-corrected chi connectivity index (χ2v) is 1.84. The van der Waals surface area contributed by atoms with Crippen molar-refractivity contribution in [2.24, 2.45) is 0 Å². The lowest BCUT2D eigenvalue weighted by atomic mass is 10.6. The molecule has 1 aromatic rings. The maximum absolute atomic E-state index is 10.9. The van der Waals surface area contributed by atoms with Crippen molar-refractivity contribution in [2.75, 3.05) is 13.7 Å². The van der Waals surface area contributed by atoms with Gasteiger partial charge in [-0.2, -0.15) is 0 Å². The summed E-state index contributed by atoms with van der Waals surface area (Å²) >= 11 is 0. The molecule has 60 valence electrons. The van der Waals surface area contributed by atoms with Crippen LogP contribution >= 0.6 is 0 Å². The molecule has 1 heterocycles. The summed E-state index contributed by atoms with van der Waals surface area (Å²) in [4.78, 5) is 10.9. The molecule has 6 nitrogen and oxygen atoms in total. The Morgan fingerprint density at radius 3 is 3.18 bits per heavy atom.